The lowest BCUT2D eigenvalue weighted by molar-refractivity contribution is -0.119. The number of benzene rings is 2. The van der Waals surface area contributed by atoms with Crippen molar-refractivity contribution in [1.82, 2.24) is 10.2 Å². The Balaban J connectivity index is 1.93. The minimum Gasteiger partial charge on any atom is -0.497 e. The average Bonchev–Trinajstić information content (AvgIpc) is 2.69. The molecule has 0 bridgehead atoms. The Labute approximate surface area is 170 Å². The zero-order valence-corrected chi connectivity index (χ0v) is 16.7. The molecule has 0 spiro atoms. The van der Waals surface area contributed by atoms with Crippen molar-refractivity contribution in [2.75, 3.05) is 20.2 Å². The first-order chi connectivity index (χ1) is 13.5. The van der Waals surface area contributed by atoms with Crippen LogP contribution in [-0.2, 0) is 22.4 Å². The number of ether oxygens (including phenoxy) is 1. The van der Waals surface area contributed by atoms with Gasteiger partial charge in [-0.3, -0.25) is 9.59 Å². The molecule has 7 heteroatoms. The summed E-state index contributed by atoms with van der Waals surface area (Å²) < 4.78 is 5.11. The van der Waals surface area contributed by atoms with Crippen molar-refractivity contribution in [2.45, 2.75) is 19.3 Å². The molecule has 0 saturated carbocycles. The van der Waals surface area contributed by atoms with Crippen molar-refractivity contribution >= 4 is 29.1 Å². The van der Waals surface area contributed by atoms with E-state index in [1.807, 2.05) is 42.5 Å². The minimum atomic E-state index is -0.405. The predicted octanol–water partition coefficient (Wildman–Crippen LogP) is 2.06. The van der Waals surface area contributed by atoms with Crippen LogP contribution in [0.2, 0.25) is 0 Å². The van der Waals surface area contributed by atoms with Gasteiger partial charge < -0.3 is 20.7 Å². The first-order valence-electron chi connectivity index (χ1n) is 9.02. The summed E-state index contributed by atoms with van der Waals surface area (Å²) >= 11 is 5.40. The van der Waals surface area contributed by atoms with E-state index in [2.05, 4.69) is 5.32 Å². The molecule has 6 nitrogen and oxygen atoms in total. The summed E-state index contributed by atoms with van der Waals surface area (Å²) in [5.74, 6) is 0.120. The molecule has 0 aliphatic carbocycles. The Morgan fingerprint density at radius 3 is 2.32 bits per heavy atom. The molecule has 0 atom stereocenters. The number of hydrogen-bond donors (Lipinski definition) is 2. The number of primary amides is 1. The monoisotopic (exact) mass is 399 g/mol. The number of rotatable bonds is 9. The minimum absolute atomic E-state index is 0.170. The Bertz CT molecular complexity index is 794. The van der Waals surface area contributed by atoms with Gasteiger partial charge in [0.2, 0.25) is 11.8 Å². The second-order valence-electron chi connectivity index (χ2n) is 6.32. The van der Waals surface area contributed by atoms with Crippen LogP contribution in [0.25, 0.3) is 0 Å². The molecule has 2 rings (SSSR count). The van der Waals surface area contributed by atoms with Gasteiger partial charge in [-0.15, -0.1) is 0 Å². The lowest BCUT2D eigenvalue weighted by Crippen LogP contribution is -2.45. The van der Waals surface area contributed by atoms with E-state index in [0.717, 1.165) is 23.3 Å². The summed E-state index contributed by atoms with van der Waals surface area (Å²) in [6.45, 7) is 0.947. The highest BCUT2D eigenvalue weighted by Gasteiger charge is 2.14. The van der Waals surface area contributed by atoms with Crippen molar-refractivity contribution in [3.05, 3.63) is 65.7 Å². The zero-order chi connectivity index (χ0) is 20.4. The maximum Gasteiger partial charge on any atom is 0.230 e. The van der Waals surface area contributed by atoms with Gasteiger partial charge in [0, 0.05) is 19.5 Å². The van der Waals surface area contributed by atoms with Crippen molar-refractivity contribution in [1.29, 1.82) is 0 Å². The average molecular weight is 400 g/mol. The zero-order valence-electron chi connectivity index (χ0n) is 15.9. The standard InChI is InChI=1S/C21H25N3O3S/c1-27-18-9-7-17(8-10-18)15-20(26)23-21(28)24(14-12-19(22)25)13-11-16-5-3-2-4-6-16/h2-10H,11-15H2,1H3,(H2,22,25)(H,23,26,28). The molecule has 0 aliphatic heterocycles. The topological polar surface area (TPSA) is 84.7 Å². The smallest absolute Gasteiger partial charge is 0.230 e. The number of carbonyl (C=O) groups excluding carboxylic acids is 2. The summed E-state index contributed by atoms with van der Waals surface area (Å²) in [5.41, 5.74) is 7.28. The van der Waals surface area contributed by atoms with E-state index in [0.29, 0.717) is 18.2 Å². The van der Waals surface area contributed by atoms with E-state index in [1.54, 1.807) is 24.1 Å². The lowest BCUT2D eigenvalue weighted by atomic mass is 10.1. The van der Waals surface area contributed by atoms with E-state index >= 15 is 0 Å². The van der Waals surface area contributed by atoms with Gasteiger partial charge in [-0.1, -0.05) is 42.5 Å². The summed E-state index contributed by atoms with van der Waals surface area (Å²) in [7, 11) is 1.59. The van der Waals surface area contributed by atoms with Crippen molar-refractivity contribution in [3.63, 3.8) is 0 Å². The van der Waals surface area contributed by atoms with Crippen LogP contribution in [0.4, 0.5) is 0 Å². The number of methoxy groups -OCH3 is 1. The SMILES string of the molecule is COc1ccc(CC(=O)NC(=S)N(CCC(N)=O)CCc2ccccc2)cc1. The van der Waals surface area contributed by atoms with Gasteiger partial charge in [-0.2, -0.15) is 0 Å². The molecule has 28 heavy (non-hydrogen) atoms. The summed E-state index contributed by atoms with van der Waals surface area (Å²) in [4.78, 5) is 25.3. The quantitative estimate of drug-likeness (QED) is 0.631. The molecular formula is C21H25N3O3S. The van der Waals surface area contributed by atoms with Gasteiger partial charge >= 0.3 is 0 Å². The molecule has 0 unspecified atom stereocenters. The third-order valence-electron chi connectivity index (χ3n) is 4.20. The molecule has 0 aromatic heterocycles. The van der Waals surface area contributed by atoms with Crippen LogP contribution >= 0.6 is 12.2 Å². The molecule has 2 amide bonds. The molecule has 0 aliphatic rings. The van der Waals surface area contributed by atoms with Gasteiger partial charge in [0.1, 0.15) is 5.75 Å². The maximum absolute atomic E-state index is 12.3. The molecule has 0 heterocycles. The predicted molar refractivity (Wildman–Crippen MR) is 113 cm³/mol. The van der Waals surface area contributed by atoms with Gasteiger partial charge in [0.15, 0.2) is 5.11 Å². The number of carbonyl (C=O) groups is 2. The van der Waals surface area contributed by atoms with Crippen LogP contribution in [0.15, 0.2) is 54.6 Å². The van der Waals surface area contributed by atoms with Crippen molar-refractivity contribution < 1.29 is 14.3 Å². The van der Waals surface area contributed by atoms with E-state index in [9.17, 15) is 9.59 Å². The van der Waals surface area contributed by atoms with E-state index in [4.69, 9.17) is 22.7 Å². The Hall–Kier alpha value is -2.93. The highest BCUT2D eigenvalue weighted by molar-refractivity contribution is 7.80. The van der Waals surface area contributed by atoms with E-state index in [1.165, 1.54) is 0 Å². The van der Waals surface area contributed by atoms with Crippen molar-refractivity contribution in [3.8, 4) is 5.75 Å². The van der Waals surface area contributed by atoms with E-state index < -0.39 is 5.91 Å². The Kier molecular flexibility index (Phi) is 8.42. The summed E-state index contributed by atoms with van der Waals surface area (Å²) in [6.07, 6.45) is 1.11. The van der Waals surface area contributed by atoms with Gasteiger partial charge in [-0.05, 0) is 41.9 Å². The van der Waals surface area contributed by atoms with Crippen LogP contribution in [0.3, 0.4) is 0 Å². The fourth-order valence-corrected chi connectivity index (χ4v) is 2.94. The second-order valence-corrected chi connectivity index (χ2v) is 6.70. The Morgan fingerprint density at radius 1 is 1.04 bits per heavy atom. The second kappa shape index (κ2) is 11.0. The molecule has 148 valence electrons. The fourth-order valence-electron chi connectivity index (χ4n) is 2.64. The molecule has 0 fully saturated rings. The summed E-state index contributed by atoms with van der Waals surface area (Å²) in [5, 5.41) is 3.05. The number of amides is 2. The first-order valence-corrected chi connectivity index (χ1v) is 9.42. The molecule has 3 N–H and O–H groups in total. The maximum atomic E-state index is 12.3. The normalized spacial score (nSPS) is 10.2. The third kappa shape index (κ3) is 7.36. The van der Waals surface area contributed by atoms with Gasteiger partial charge in [0.05, 0.1) is 13.5 Å². The Morgan fingerprint density at radius 2 is 1.71 bits per heavy atom. The van der Waals surface area contributed by atoms with E-state index in [-0.39, 0.29) is 18.7 Å². The number of nitrogens with zero attached hydrogens (tertiary/aromatic N) is 1. The number of hydrogen-bond acceptors (Lipinski definition) is 4. The largest absolute Gasteiger partial charge is 0.497 e. The number of nitrogens with one attached hydrogen (secondary N) is 1. The molecule has 0 saturated heterocycles. The highest BCUT2D eigenvalue weighted by Crippen LogP contribution is 2.11. The van der Waals surface area contributed by atoms with Crippen LogP contribution in [0, 0.1) is 0 Å². The molecule has 0 radical (unpaired) electrons. The molecule has 2 aromatic rings. The van der Waals surface area contributed by atoms with Crippen molar-refractivity contribution in [2.24, 2.45) is 5.73 Å². The van der Waals surface area contributed by atoms with Gasteiger partial charge in [-0.25, -0.2) is 0 Å². The molecule has 2 aromatic carbocycles. The lowest BCUT2D eigenvalue weighted by Gasteiger charge is -2.25. The van der Waals surface area contributed by atoms with Gasteiger partial charge in [0.25, 0.3) is 0 Å². The third-order valence-corrected chi connectivity index (χ3v) is 4.56. The fraction of sp³-hybridized carbons (Fsp3) is 0.286. The van der Waals surface area contributed by atoms with Crippen LogP contribution < -0.4 is 15.8 Å². The first kappa shape index (κ1) is 21.4. The summed E-state index contributed by atoms with van der Waals surface area (Å²) in [6, 6.07) is 17.2. The highest BCUT2D eigenvalue weighted by atomic mass is 32.1. The van der Waals surface area contributed by atoms with Crippen LogP contribution in [0.1, 0.15) is 17.5 Å². The van der Waals surface area contributed by atoms with Crippen LogP contribution in [0.5, 0.6) is 5.75 Å². The van der Waals surface area contributed by atoms with Crippen LogP contribution in [-0.4, -0.2) is 42.0 Å². The number of thiocarbonyl (C=S) groups is 1. The number of nitrogens with two attached hydrogens (primary N) is 1. The molecular weight excluding hydrogens is 374 g/mol.